The molecule has 71 heavy (non-hydrogen) atoms. The number of likely N-dealkylation sites (tertiary alicyclic amines) is 2. The lowest BCUT2D eigenvalue weighted by atomic mass is 9.84. The van der Waals surface area contributed by atoms with Crippen molar-refractivity contribution in [3.8, 4) is 22.5 Å². The van der Waals surface area contributed by atoms with Crippen LogP contribution in [0.5, 0.6) is 0 Å². The number of hydrogen-bond acceptors (Lipinski definition) is 12. The van der Waals surface area contributed by atoms with E-state index < -0.39 is 23.5 Å². The third-order valence-electron chi connectivity index (χ3n) is 17.4. The van der Waals surface area contributed by atoms with Crippen molar-refractivity contribution in [1.29, 1.82) is 0 Å². The Morgan fingerprint density at radius 2 is 1.83 bits per heavy atom. The lowest BCUT2D eigenvalue weighted by Crippen LogP contribution is -2.62. The van der Waals surface area contributed by atoms with Gasteiger partial charge in [0.1, 0.15) is 18.1 Å². The molecule has 6 bridgehead atoms. The third kappa shape index (κ3) is 9.34. The van der Waals surface area contributed by atoms with Gasteiger partial charge in [0.15, 0.2) is 0 Å². The summed E-state index contributed by atoms with van der Waals surface area (Å²) in [6.45, 7) is 12.8. The molecule has 380 valence electrons. The number of amides is 3. The van der Waals surface area contributed by atoms with E-state index in [4.69, 9.17) is 19.4 Å². The normalized spacial score (nSPS) is 29.1. The minimum atomic E-state index is -0.921. The minimum absolute atomic E-state index is 0.0272. The number of ether oxygens (including phenoxy) is 2. The van der Waals surface area contributed by atoms with Crippen molar-refractivity contribution in [3.63, 3.8) is 0 Å². The molecule has 4 saturated heterocycles. The smallest absolute Gasteiger partial charge is 0.324 e. The van der Waals surface area contributed by atoms with Crippen LogP contribution in [0.15, 0.2) is 41.9 Å². The predicted octanol–water partition coefficient (Wildman–Crippen LogP) is 6.78. The molecule has 4 aromatic rings. The first-order chi connectivity index (χ1) is 34.2. The van der Waals surface area contributed by atoms with Crippen LogP contribution in [0.4, 0.5) is 0 Å². The Hall–Kier alpha value is -4.74. The van der Waals surface area contributed by atoms with Gasteiger partial charge in [0.25, 0.3) is 5.91 Å². The number of fused-ring (bicyclic) bond motifs is 6. The number of likely N-dealkylation sites (N-methyl/N-ethyl adjacent to an activating group) is 1. The lowest BCUT2D eigenvalue weighted by molar-refractivity contribution is -0.155. The maximum atomic E-state index is 15.1. The topological polar surface area (TPSA) is 154 Å². The quantitative estimate of drug-likeness (QED) is 0.128. The van der Waals surface area contributed by atoms with Crippen molar-refractivity contribution in [1.82, 2.24) is 45.0 Å². The average Bonchev–Trinajstić information content (AvgIpc) is 3.83. The van der Waals surface area contributed by atoms with E-state index in [1.165, 1.54) is 24.2 Å². The summed E-state index contributed by atoms with van der Waals surface area (Å²) < 4.78 is 14.4. The second-order valence-electron chi connectivity index (χ2n) is 22.9. The molecule has 15 nitrogen and oxygen atoms in total. The standard InChI is InChI=1S/C55H73N9O6S/c1-7-63-43-19-18-36-26-38(43)39(48(63)37-14-10-22-56-45(37)33(2)69-6)28-54(3,4)32-70-53(68)40-15-11-23-64(59-40)51(66)41(27-44-57-42(36)29-71-44)58-50(65)47(34-12-8-9-13-34)61-24-20-55(30-61)21-25-62(31-55)52(67)49-46(60(49)5)35-16-17-35/h10,14,18-19,22,26,29,33-35,40-41,46-47,49,59H,7-9,11-13,15-17,20-21,23-25,27-28,30-32H2,1-6H3,(H,58,65)/t33-,40-,41-,46+,47-,49+,55-,60?/m0/s1. The van der Waals surface area contributed by atoms with Crippen molar-refractivity contribution < 1.29 is 28.7 Å². The van der Waals surface area contributed by atoms with Crippen molar-refractivity contribution in [2.45, 2.75) is 148 Å². The molecule has 0 radical (unpaired) electrons. The van der Waals surface area contributed by atoms with Crippen molar-refractivity contribution in [3.05, 3.63) is 58.2 Å². The lowest BCUT2D eigenvalue weighted by Gasteiger charge is -2.37. The Morgan fingerprint density at radius 1 is 1.03 bits per heavy atom. The van der Waals surface area contributed by atoms with Crippen LogP contribution in [-0.4, -0.2) is 142 Å². The molecule has 1 aromatic carbocycles. The van der Waals surface area contributed by atoms with Gasteiger partial charge in [-0.1, -0.05) is 32.8 Å². The van der Waals surface area contributed by atoms with Crippen LogP contribution < -0.4 is 10.7 Å². The van der Waals surface area contributed by atoms with Crippen LogP contribution in [0.2, 0.25) is 0 Å². The number of aryl methyl sites for hydroxylation is 1. The van der Waals surface area contributed by atoms with Gasteiger partial charge in [-0.2, -0.15) is 0 Å². The molecule has 2 N–H and O–H groups in total. The number of nitrogens with zero attached hydrogens (tertiary/aromatic N) is 7. The maximum Gasteiger partial charge on any atom is 0.324 e. The van der Waals surface area contributed by atoms with Crippen molar-refractivity contribution in [2.24, 2.45) is 22.7 Å². The van der Waals surface area contributed by atoms with Crippen LogP contribution in [0.25, 0.3) is 33.4 Å². The first kappa shape index (κ1) is 48.5. The molecule has 3 aromatic heterocycles. The molecular formula is C55H73N9O6S. The highest BCUT2D eigenvalue weighted by atomic mass is 32.1. The van der Waals surface area contributed by atoms with Crippen LogP contribution in [0.3, 0.4) is 0 Å². The van der Waals surface area contributed by atoms with Gasteiger partial charge in [-0.15, -0.1) is 11.3 Å². The Labute approximate surface area is 422 Å². The SMILES string of the molecule is CCn1c(-c2cccnc2[C@H](C)OC)c2c3cc(ccc31)-c1csc(n1)C[C@H](NC(=O)[C@H](C1CCCC1)N1CC[C@]3(CCN(C(=O)[C@H]4[C@@H](C5CC5)N4C)C3)C1)C(=O)N1CCC[C@H](N1)C(=O)OCC(C)(C)C2. The molecule has 8 heterocycles. The van der Waals surface area contributed by atoms with Gasteiger partial charge in [-0.3, -0.25) is 39.0 Å². The zero-order chi connectivity index (χ0) is 49.3. The predicted molar refractivity (Wildman–Crippen MR) is 273 cm³/mol. The van der Waals surface area contributed by atoms with Crippen molar-refractivity contribution in [2.75, 3.05) is 53.5 Å². The number of hydrazine groups is 1. The molecular weight excluding hydrogens is 915 g/mol. The molecule has 8 atom stereocenters. The number of rotatable bonds is 10. The van der Waals surface area contributed by atoms with E-state index in [2.05, 4.69) is 87.5 Å². The number of hydrogen-bond donors (Lipinski definition) is 2. The number of benzene rings is 1. The molecule has 2 aliphatic carbocycles. The summed E-state index contributed by atoms with van der Waals surface area (Å²) in [6, 6.07) is 9.05. The molecule has 5 aliphatic heterocycles. The number of thiazole rings is 1. The van der Waals surface area contributed by atoms with Crippen LogP contribution in [0, 0.1) is 22.7 Å². The second kappa shape index (κ2) is 19.3. The molecule has 3 amide bonds. The van der Waals surface area contributed by atoms with E-state index in [9.17, 15) is 14.4 Å². The van der Waals surface area contributed by atoms with Gasteiger partial charge in [0.2, 0.25) is 11.8 Å². The fourth-order valence-corrected chi connectivity index (χ4v) is 14.2. The summed E-state index contributed by atoms with van der Waals surface area (Å²) in [5.41, 5.74) is 9.68. The highest BCUT2D eigenvalue weighted by molar-refractivity contribution is 7.10. The first-order valence-corrected chi connectivity index (χ1v) is 27.5. The van der Waals surface area contributed by atoms with E-state index in [0.29, 0.717) is 37.8 Å². The number of pyridine rings is 1. The highest BCUT2D eigenvalue weighted by Crippen LogP contribution is 2.49. The summed E-state index contributed by atoms with van der Waals surface area (Å²) >= 11 is 1.50. The van der Waals surface area contributed by atoms with Gasteiger partial charge < -0.3 is 24.3 Å². The Kier molecular flexibility index (Phi) is 13.2. The van der Waals surface area contributed by atoms with E-state index >= 15 is 4.79 Å². The summed E-state index contributed by atoms with van der Waals surface area (Å²) in [6.07, 6.45) is 12.0. The second-order valence-corrected chi connectivity index (χ2v) is 23.9. The summed E-state index contributed by atoms with van der Waals surface area (Å²) in [4.78, 5) is 74.8. The van der Waals surface area contributed by atoms with Gasteiger partial charge >= 0.3 is 5.97 Å². The van der Waals surface area contributed by atoms with Crippen LogP contribution >= 0.6 is 11.3 Å². The molecule has 7 aliphatic rings. The number of carbonyl (C=O) groups is 4. The largest absolute Gasteiger partial charge is 0.464 e. The van der Waals surface area contributed by atoms with Gasteiger partial charge in [-0.05, 0) is 127 Å². The number of esters is 1. The molecule has 2 saturated carbocycles. The highest BCUT2D eigenvalue weighted by Gasteiger charge is 2.59. The Balaban J connectivity index is 0.904. The number of cyclic esters (lactones) is 1. The van der Waals surface area contributed by atoms with Gasteiger partial charge in [0.05, 0.1) is 40.8 Å². The fourth-order valence-electron chi connectivity index (χ4n) is 13.3. The van der Waals surface area contributed by atoms with Crippen molar-refractivity contribution >= 4 is 45.9 Å². The van der Waals surface area contributed by atoms with E-state index in [0.717, 1.165) is 121 Å². The third-order valence-corrected chi connectivity index (χ3v) is 18.3. The maximum absolute atomic E-state index is 15.1. The Morgan fingerprint density at radius 3 is 2.61 bits per heavy atom. The average molecular weight is 988 g/mol. The number of methoxy groups -OCH3 is 1. The van der Waals surface area contributed by atoms with Crippen LogP contribution in [-0.2, 0) is 48.0 Å². The fraction of sp³-hybridized carbons (Fsp3) is 0.636. The van der Waals surface area contributed by atoms with E-state index in [1.807, 2.05) is 19.2 Å². The number of nitrogens with one attached hydrogen (secondary N) is 2. The number of aromatic nitrogens is 3. The first-order valence-electron chi connectivity index (χ1n) is 26.6. The molecule has 6 fully saturated rings. The summed E-state index contributed by atoms with van der Waals surface area (Å²) in [5.74, 6) is 0.341. The van der Waals surface area contributed by atoms with Gasteiger partial charge in [-0.25, -0.2) is 10.4 Å². The molecule has 16 heteroatoms. The Bertz CT molecular complexity index is 2690. The summed E-state index contributed by atoms with van der Waals surface area (Å²) in [7, 11) is 3.80. The molecule has 11 rings (SSSR count). The molecule has 1 unspecified atom stereocenters. The van der Waals surface area contributed by atoms with Crippen LogP contribution in [0.1, 0.15) is 114 Å². The van der Waals surface area contributed by atoms with Gasteiger partial charge in [0, 0.05) is 96.7 Å². The molecule has 1 spiro atoms. The zero-order valence-corrected chi connectivity index (χ0v) is 43.4. The summed E-state index contributed by atoms with van der Waals surface area (Å²) in [5, 5.41) is 8.78. The number of carbonyl (C=O) groups excluding carboxylic acids is 4. The minimum Gasteiger partial charge on any atom is -0.464 e. The van der Waals surface area contributed by atoms with E-state index in [-0.39, 0.29) is 60.3 Å². The van der Waals surface area contributed by atoms with E-state index in [1.54, 1.807) is 12.1 Å². The monoisotopic (exact) mass is 988 g/mol. The zero-order valence-electron chi connectivity index (χ0n) is 42.6.